The van der Waals surface area contributed by atoms with E-state index in [9.17, 15) is 14.7 Å². The van der Waals surface area contributed by atoms with Crippen LogP contribution < -0.4 is 23.6 Å². The lowest BCUT2D eigenvalue weighted by molar-refractivity contribution is -0.477. The van der Waals surface area contributed by atoms with Crippen LogP contribution in [0, 0.1) is 5.92 Å². The first kappa shape index (κ1) is 18.9. The summed E-state index contributed by atoms with van der Waals surface area (Å²) in [6.07, 6.45) is 0. The van der Waals surface area contributed by atoms with Gasteiger partial charge in [-0.2, -0.15) is 9.68 Å². The minimum absolute atomic E-state index is 0. The lowest BCUT2D eigenvalue weighted by Gasteiger charge is -2.22. The molecule has 3 amide bonds. The number of hydrazone groups is 1. The number of aliphatic hydroxyl groups is 1. The predicted octanol–water partition coefficient (Wildman–Crippen LogP) is -3.37. The summed E-state index contributed by atoms with van der Waals surface area (Å²) in [5.74, 6) is -0.902. The number of carbonyl (C=O) groups is 2. The van der Waals surface area contributed by atoms with Gasteiger partial charge in [-0.1, -0.05) is 6.92 Å². The molecule has 0 saturated carbocycles. The molecular weight excluding hydrogens is 298 g/mol. The Balaban J connectivity index is 0.00000400. The van der Waals surface area contributed by atoms with Crippen LogP contribution in [0.15, 0.2) is 16.6 Å². The van der Waals surface area contributed by atoms with E-state index in [0.717, 1.165) is 0 Å². The standard InChI is InChI=1S/C12H19N5O3.ClH/c1-6-8(10(18)16(3)4)11(19)17(5)7(2)9(6)14-15-12(13)20;/h6H,1-5H3,(H3,13,18,19,20);1H. The van der Waals surface area contributed by atoms with E-state index in [1.165, 1.54) is 9.48 Å². The minimum Gasteiger partial charge on any atom is -1.00 e. The molecule has 1 aliphatic rings. The van der Waals surface area contributed by atoms with Gasteiger partial charge in [0.2, 0.25) is 5.71 Å². The maximum absolute atomic E-state index is 12.2. The number of primary amides is 1. The second kappa shape index (κ2) is 7.07. The predicted molar refractivity (Wildman–Crippen MR) is 74.5 cm³/mol. The lowest BCUT2D eigenvalue weighted by Crippen LogP contribution is -3.00. The molecule has 0 aliphatic carbocycles. The Morgan fingerprint density at radius 1 is 1.43 bits per heavy atom. The Kier molecular flexibility index (Phi) is 6.37. The summed E-state index contributed by atoms with van der Waals surface area (Å²) < 4.78 is 1.44. The second-order valence-electron chi connectivity index (χ2n) is 4.78. The summed E-state index contributed by atoms with van der Waals surface area (Å²) >= 11 is 0. The lowest BCUT2D eigenvalue weighted by atomic mass is 9.90. The fraction of sp³-hybridized carbons (Fsp3) is 0.500. The molecule has 0 saturated heterocycles. The second-order valence-corrected chi connectivity index (χ2v) is 4.78. The number of likely N-dealkylation sites (N-methyl/N-ethyl adjacent to an activating group) is 1. The molecular formula is C12H20ClN5O3. The van der Waals surface area contributed by atoms with E-state index < -0.39 is 11.9 Å². The van der Waals surface area contributed by atoms with Gasteiger partial charge >= 0.3 is 11.9 Å². The van der Waals surface area contributed by atoms with E-state index >= 15 is 0 Å². The van der Waals surface area contributed by atoms with Crippen LogP contribution in [0.1, 0.15) is 13.8 Å². The molecule has 1 atom stereocenters. The molecule has 0 aromatic rings. The third-order valence-electron chi connectivity index (χ3n) is 3.20. The van der Waals surface area contributed by atoms with Crippen LogP contribution in [-0.2, 0) is 4.79 Å². The van der Waals surface area contributed by atoms with Gasteiger partial charge < -0.3 is 28.1 Å². The maximum Gasteiger partial charge on any atom is 0.375 e. The number of nitrogens with one attached hydrogen (secondary N) is 1. The highest BCUT2D eigenvalue weighted by molar-refractivity contribution is 6.42. The fourth-order valence-corrected chi connectivity index (χ4v) is 1.97. The molecule has 0 bridgehead atoms. The summed E-state index contributed by atoms with van der Waals surface area (Å²) in [5, 5.41) is 14.1. The van der Waals surface area contributed by atoms with Crippen LogP contribution in [0.5, 0.6) is 0 Å². The van der Waals surface area contributed by atoms with Crippen molar-refractivity contribution in [1.29, 1.82) is 0 Å². The highest BCUT2D eigenvalue weighted by atomic mass is 35.5. The number of halogens is 1. The van der Waals surface area contributed by atoms with Gasteiger partial charge in [-0.05, 0) is 0 Å². The minimum atomic E-state index is -0.792. The highest BCUT2D eigenvalue weighted by Gasteiger charge is 2.39. The summed E-state index contributed by atoms with van der Waals surface area (Å²) in [4.78, 5) is 24.3. The third-order valence-corrected chi connectivity index (χ3v) is 3.20. The van der Waals surface area contributed by atoms with Gasteiger partial charge in [-0.3, -0.25) is 4.79 Å². The van der Waals surface area contributed by atoms with Crippen LogP contribution in [0.3, 0.4) is 0 Å². The third kappa shape index (κ3) is 3.72. The topological polar surface area (TPSA) is 111 Å². The number of carbonyl (C=O) groups excluding carboxylic acids is 2. The first-order chi connectivity index (χ1) is 9.18. The number of urea groups is 1. The quantitative estimate of drug-likeness (QED) is 0.365. The van der Waals surface area contributed by atoms with Crippen molar-refractivity contribution in [3.63, 3.8) is 0 Å². The highest BCUT2D eigenvalue weighted by Crippen LogP contribution is 2.23. The normalized spacial score (nSPS) is 20.2. The first-order valence-corrected chi connectivity index (χ1v) is 6.03. The van der Waals surface area contributed by atoms with Crippen LogP contribution in [0.2, 0.25) is 0 Å². The average Bonchev–Trinajstić information content (AvgIpc) is 2.35. The molecule has 1 heterocycles. The number of amides is 3. The molecule has 0 aromatic heterocycles. The summed E-state index contributed by atoms with van der Waals surface area (Å²) in [7, 11) is 4.80. The van der Waals surface area contributed by atoms with Crippen LogP contribution >= 0.6 is 0 Å². The van der Waals surface area contributed by atoms with Crippen LogP contribution in [-0.4, -0.2) is 59.1 Å². The van der Waals surface area contributed by atoms with Gasteiger partial charge in [0.1, 0.15) is 18.3 Å². The SMILES string of the molecule is CC1=[N+](C)C(O)=C(C(=O)N(C)C)C(C)C1=NNC(N)=O.[Cl-]. The van der Waals surface area contributed by atoms with E-state index in [1.807, 2.05) is 0 Å². The number of nitrogens with zero attached hydrogens (tertiary/aromatic N) is 3. The molecule has 21 heavy (non-hydrogen) atoms. The van der Waals surface area contributed by atoms with Gasteiger partial charge in [0.05, 0.1) is 0 Å². The molecule has 1 aliphatic heterocycles. The Labute approximate surface area is 129 Å². The Bertz CT molecular complexity index is 551. The number of aliphatic hydroxyl groups excluding tert-OH is 1. The first-order valence-electron chi connectivity index (χ1n) is 6.03. The maximum atomic E-state index is 12.2. The molecule has 0 fully saturated rings. The molecule has 4 N–H and O–H groups in total. The van der Waals surface area contributed by atoms with Crippen molar-refractivity contribution < 1.29 is 31.7 Å². The van der Waals surface area contributed by atoms with Crippen molar-refractivity contribution in [2.45, 2.75) is 13.8 Å². The zero-order valence-corrected chi connectivity index (χ0v) is 13.4. The average molecular weight is 318 g/mol. The Morgan fingerprint density at radius 3 is 2.38 bits per heavy atom. The van der Waals surface area contributed by atoms with Crippen molar-refractivity contribution in [2.24, 2.45) is 16.8 Å². The van der Waals surface area contributed by atoms with Crippen molar-refractivity contribution in [1.82, 2.24) is 10.3 Å². The molecule has 8 nitrogen and oxygen atoms in total. The van der Waals surface area contributed by atoms with Gasteiger partial charge in [0.15, 0.2) is 0 Å². The van der Waals surface area contributed by atoms with Gasteiger partial charge in [-0.25, -0.2) is 10.2 Å². The van der Waals surface area contributed by atoms with E-state index in [1.54, 1.807) is 35.0 Å². The van der Waals surface area contributed by atoms with Crippen molar-refractivity contribution in [3.05, 3.63) is 11.5 Å². The molecule has 118 valence electrons. The van der Waals surface area contributed by atoms with Crippen molar-refractivity contribution in [2.75, 3.05) is 21.1 Å². The van der Waals surface area contributed by atoms with E-state index in [4.69, 9.17) is 5.73 Å². The van der Waals surface area contributed by atoms with Crippen molar-refractivity contribution in [3.8, 4) is 0 Å². The Hall–Kier alpha value is -2.09. The molecule has 0 aromatic carbocycles. The van der Waals surface area contributed by atoms with E-state index in [-0.39, 0.29) is 29.8 Å². The number of hydrogen-bond donors (Lipinski definition) is 3. The number of hydrogen-bond acceptors (Lipinski definition) is 4. The zero-order valence-electron chi connectivity index (χ0n) is 12.6. The largest absolute Gasteiger partial charge is 1.00 e. The van der Waals surface area contributed by atoms with Crippen LogP contribution in [0.25, 0.3) is 0 Å². The summed E-state index contributed by atoms with van der Waals surface area (Å²) in [6.45, 7) is 3.45. The summed E-state index contributed by atoms with van der Waals surface area (Å²) in [5.41, 5.74) is 8.45. The van der Waals surface area contributed by atoms with E-state index in [2.05, 4.69) is 10.5 Å². The van der Waals surface area contributed by atoms with Gasteiger partial charge in [0.25, 0.3) is 5.91 Å². The molecule has 1 unspecified atom stereocenters. The summed E-state index contributed by atoms with van der Waals surface area (Å²) in [6, 6.07) is -0.792. The number of nitrogens with two attached hydrogens (primary N) is 1. The molecule has 0 radical (unpaired) electrons. The molecule has 0 spiro atoms. The van der Waals surface area contributed by atoms with E-state index in [0.29, 0.717) is 11.4 Å². The Morgan fingerprint density at radius 2 is 1.95 bits per heavy atom. The van der Waals surface area contributed by atoms with Gasteiger partial charge in [0, 0.05) is 26.9 Å². The van der Waals surface area contributed by atoms with Crippen molar-refractivity contribution >= 4 is 23.4 Å². The zero-order chi connectivity index (χ0) is 15.6. The number of rotatable bonds is 2. The van der Waals surface area contributed by atoms with Crippen LogP contribution in [0.4, 0.5) is 4.79 Å². The molecule has 1 rings (SSSR count). The fourth-order valence-electron chi connectivity index (χ4n) is 1.97. The molecule has 9 heteroatoms. The monoisotopic (exact) mass is 317 g/mol. The van der Waals surface area contributed by atoms with Gasteiger partial charge in [-0.15, -0.1) is 0 Å². The smallest absolute Gasteiger partial charge is 0.375 e.